The molecular weight excluding hydrogens is 280 g/mol. The van der Waals surface area contributed by atoms with Crippen LogP contribution in [-0.2, 0) is 6.18 Å². The molecule has 0 fully saturated rings. The molecule has 0 aliphatic heterocycles. The van der Waals surface area contributed by atoms with Gasteiger partial charge in [0.2, 0.25) is 0 Å². The van der Waals surface area contributed by atoms with Gasteiger partial charge in [0.05, 0.1) is 5.56 Å². The van der Waals surface area contributed by atoms with E-state index >= 15 is 0 Å². The highest BCUT2D eigenvalue weighted by atomic mass is 32.1. The van der Waals surface area contributed by atoms with Crippen LogP contribution >= 0.6 is 11.3 Å². The standard InChI is InChI=1S/C13H8F4OS/c1-7-4-9(6-19-7)12(18)8-2-3-11(14)10(5-8)13(15,16)17/h2-6H,1H3. The molecule has 0 atom stereocenters. The highest BCUT2D eigenvalue weighted by molar-refractivity contribution is 7.10. The van der Waals surface area contributed by atoms with E-state index in [4.69, 9.17) is 0 Å². The molecule has 0 N–H and O–H groups in total. The van der Waals surface area contributed by atoms with Gasteiger partial charge in [-0.05, 0) is 31.2 Å². The third-order valence-electron chi connectivity index (χ3n) is 2.53. The zero-order valence-corrected chi connectivity index (χ0v) is 10.5. The quantitative estimate of drug-likeness (QED) is 0.589. The average Bonchev–Trinajstić information content (AvgIpc) is 2.74. The number of carbonyl (C=O) groups excluding carboxylic acids is 1. The molecule has 0 radical (unpaired) electrons. The van der Waals surface area contributed by atoms with Crippen LogP contribution in [-0.4, -0.2) is 5.78 Å². The van der Waals surface area contributed by atoms with Gasteiger partial charge in [0.25, 0.3) is 0 Å². The van der Waals surface area contributed by atoms with Crippen molar-refractivity contribution in [2.75, 3.05) is 0 Å². The number of carbonyl (C=O) groups is 1. The number of benzene rings is 1. The number of aryl methyl sites for hydroxylation is 1. The predicted octanol–water partition coefficient (Wildman–Crippen LogP) is 4.45. The maximum atomic E-state index is 13.1. The second-order valence-corrected chi connectivity index (χ2v) is 5.08. The summed E-state index contributed by atoms with van der Waals surface area (Å²) in [5.74, 6) is -1.93. The first-order valence-electron chi connectivity index (χ1n) is 5.25. The molecule has 1 aromatic carbocycles. The van der Waals surface area contributed by atoms with Crippen molar-refractivity contribution in [2.24, 2.45) is 0 Å². The summed E-state index contributed by atoms with van der Waals surface area (Å²) in [6.07, 6.45) is -4.81. The van der Waals surface area contributed by atoms with Crippen LogP contribution < -0.4 is 0 Å². The predicted molar refractivity (Wildman–Crippen MR) is 63.9 cm³/mol. The van der Waals surface area contributed by atoms with Crippen molar-refractivity contribution in [2.45, 2.75) is 13.1 Å². The Kier molecular flexibility index (Phi) is 3.45. The number of rotatable bonds is 2. The molecule has 0 aliphatic rings. The van der Waals surface area contributed by atoms with Gasteiger partial charge < -0.3 is 0 Å². The van der Waals surface area contributed by atoms with Gasteiger partial charge in [0.15, 0.2) is 5.78 Å². The van der Waals surface area contributed by atoms with Crippen LogP contribution in [0.25, 0.3) is 0 Å². The molecule has 1 nitrogen and oxygen atoms in total. The van der Waals surface area contributed by atoms with E-state index in [1.54, 1.807) is 18.4 Å². The number of ketones is 1. The van der Waals surface area contributed by atoms with Crippen molar-refractivity contribution in [3.05, 3.63) is 57.0 Å². The maximum Gasteiger partial charge on any atom is 0.419 e. The molecule has 0 unspecified atom stereocenters. The zero-order chi connectivity index (χ0) is 14.2. The third-order valence-corrected chi connectivity index (χ3v) is 3.39. The Morgan fingerprint density at radius 1 is 1.16 bits per heavy atom. The lowest BCUT2D eigenvalue weighted by molar-refractivity contribution is -0.140. The van der Waals surface area contributed by atoms with Gasteiger partial charge in [-0.3, -0.25) is 4.79 Å². The molecule has 1 aromatic heterocycles. The van der Waals surface area contributed by atoms with Crippen LogP contribution in [0.2, 0.25) is 0 Å². The van der Waals surface area contributed by atoms with Crippen molar-refractivity contribution in [3.63, 3.8) is 0 Å². The van der Waals surface area contributed by atoms with Gasteiger partial charge in [-0.2, -0.15) is 13.2 Å². The number of thiophene rings is 1. The minimum Gasteiger partial charge on any atom is -0.289 e. The van der Waals surface area contributed by atoms with Crippen molar-refractivity contribution < 1.29 is 22.4 Å². The van der Waals surface area contributed by atoms with E-state index < -0.39 is 23.3 Å². The first kappa shape index (κ1) is 13.7. The number of alkyl halides is 3. The minimum atomic E-state index is -4.81. The molecule has 0 saturated carbocycles. The number of hydrogen-bond donors (Lipinski definition) is 0. The molecule has 0 aliphatic carbocycles. The smallest absolute Gasteiger partial charge is 0.289 e. The lowest BCUT2D eigenvalue weighted by atomic mass is 10.0. The van der Waals surface area contributed by atoms with Crippen LogP contribution in [0.4, 0.5) is 17.6 Å². The minimum absolute atomic E-state index is 0.175. The summed E-state index contributed by atoms with van der Waals surface area (Å²) >= 11 is 1.32. The van der Waals surface area contributed by atoms with Gasteiger partial charge in [-0.25, -0.2) is 4.39 Å². The molecular formula is C13H8F4OS. The lowest BCUT2D eigenvalue weighted by Gasteiger charge is -2.09. The van der Waals surface area contributed by atoms with Gasteiger partial charge in [-0.15, -0.1) is 11.3 Å². The zero-order valence-electron chi connectivity index (χ0n) is 9.72. The van der Waals surface area contributed by atoms with E-state index in [0.717, 1.165) is 10.9 Å². The molecule has 2 rings (SSSR count). The molecule has 0 bridgehead atoms. The summed E-state index contributed by atoms with van der Waals surface area (Å²) in [6, 6.07) is 3.85. The van der Waals surface area contributed by atoms with Gasteiger partial charge >= 0.3 is 6.18 Å². The summed E-state index contributed by atoms with van der Waals surface area (Å²) in [6.45, 7) is 1.78. The van der Waals surface area contributed by atoms with Gasteiger partial charge in [0.1, 0.15) is 5.82 Å². The van der Waals surface area contributed by atoms with Gasteiger partial charge in [-0.1, -0.05) is 0 Å². The molecule has 0 saturated heterocycles. The number of halogens is 4. The monoisotopic (exact) mass is 288 g/mol. The second kappa shape index (κ2) is 4.77. The summed E-state index contributed by atoms with van der Waals surface area (Å²) in [4.78, 5) is 12.8. The van der Waals surface area contributed by atoms with E-state index in [0.29, 0.717) is 17.7 Å². The Hall–Kier alpha value is -1.69. The Bertz CT molecular complexity index is 628. The Morgan fingerprint density at radius 3 is 2.37 bits per heavy atom. The molecule has 1 heterocycles. The highest BCUT2D eigenvalue weighted by Gasteiger charge is 2.34. The molecule has 0 spiro atoms. The largest absolute Gasteiger partial charge is 0.419 e. The topological polar surface area (TPSA) is 17.1 Å². The molecule has 6 heteroatoms. The summed E-state index contributed by atoms with van der Waals surface area (Å²) in [5.41, 5.74) is -1.29. The molecule has 0 amide bonds. The Morgan fingerprint density at radius 2 is 1.84 bits per heavy atom. The maximum absolute atomic E-state index is 13.1. The lowest BCUT2D eigenvalue weighted by Crippen LogP contribution is -2.10. The Balaban J connectivity index is 2.44. The van der Waals surface area contributed by atoms with E-state index in [1.165, 1.54) is 11.3 Å². The van der Waals surface area contributed by atoms with E-state index in [1.807, 2.05) is 0 Å². The van der Waals surface area contributed by atoms with Crippen molar-refractivity contribution in [1.29, 1.82) is 0 Å². The fourth-order valence-electron chi connectivity index (χ4n) is 1.61. The fourth-order valence-corrected chi connectivity index (χ4v) is 2.30. The van der Waals surface area contributed by atoms with Crippen LogP contribution in [0.1, 0.15) is 26.4 Å². The molecule has 19 heavy (non-hydrogen) atoms. The van der Waals surface area contributed by atoms with Crippen molar-refractivity contribution in [3.8, 4) is 0 Å². The van der Waals surface area contributed by atoms with Crippen LogP contribution in [0.3, 0.4) is 0 Å². The summed E-state index contributed by atoms with van der Waals surface area (Å²) in [5, 5.41) is 1.56. The van der Waals surface area contributed by atoms with E-state index in [2.05, 4.69) is 0 Å². The van der Waals surface area contributed by atoms with Crippen LogP contribution in [0.5, 0.6) is 0 Å². The summed E-state index contributed by atoms with van der Waals surface area (Å²) in [7, 11) is 0. The summed E-state index contributed by atoms with van der Waals surface area (Å²) < 4.78 is 50.8. The first-order valence-corrected chi connectivity index (χ1v) is 6.13. The highest BCUT2D eigenvalue weighted by Crippen LogP contribution is 2.32. The third kappa shape index (κ3) is 2.84. The van der Waals surface area contributed by atoms with E-state index in [9.17, 15) is 22.4 Å². The second-order valence-electron chi connectivity index (χ2n) is 3.97. The van der Waals surface area contributed by atoms with Gasteiger partial charge in [0, 0.05) is 21.4 Å². The van der Waals surface area contributed by atoms with E-state index in [-0.39, 0.29) is 5.56 Å². The molecule has 2 aromatic rings. The average molecular weight is 288 g/mol. The van der Waals surface area contributed by atoms with Crippen LogP contribution in [0.15, 0.2) is 29.6 Å². The number of hydrogen-bond acceptors (Lipinski definition) is 2. The van der Waals surface area contributed by atoms with Crippen LogP contribution in [0, 0.1) is 12.7 Å². The first-order chi connectivity index (χ1) is 8.79. The normalized spacial score (nSPS) is 11.6. The molecule has 100 valence electrons. The Labute approximate surface area is 110 Å². The van der Waals surface area contributed by atoms with Crippen molar-refractivity contribution >= 4 is 17.1 Å². The SMILES string of the molecule is Cc1cc(C(=O)c2ccc(F)c(C(F)(F)F)c2)cs1. The fraction of sp³-hybridized carbons (Fsp3) is 0.154. The van der Waals surface area contributed by atoms with Crippen molar-refractivity contribution in [1.82, 2.24) is 0 Å².